The fourth-order valence-corrected chi connectivity index (χ4v) is 1.61. The molecule has 1 amide bonds. The van der Waals surface area contributed by atoms with Crippen molar-refractivity contribution in [3.05, 3.63) is 23.8 Å². The molecular formula is C13H20N2O3. The molecule has 0 aliphatic heterocycles. The summed E-state index contributed by atoms with van der Waals surface area (Å²) in [6.45, 7) is 4.34. The number of anilines is 1. The van der Waals surface area contributed by atoms with Gasteiger partial charge in [0.1, 0.15) is 11.9 Å². The lowest BCUT2D eigenvalue weighted by molar-refractivity contribution is -0.125. The average Bonchev–Trinajstić information content (AvgIpc) is 2.38. The minimum Gasteiger partial charge on any atom is -0.494 e. The fraction of sp³-hybridized carbons (Fsp3) is 0.462. The Balaban J connectivity index is 2.90. The summed E-state index contributed by atoms with van der Waals surface area (Å²) in [7, 11) is 1.61. The lowest BCUT2D eigenvalue weighted by atomic mass is 10.1. The highest BCUT2D eigenvalue weighted by atomic mass is 16.5. The summed E-state index contributed by atoms with van der Waals surface area (Å²) in [5, 5.41) is 9.43. The molecule has 1 rings (SSSR count). The number of benzene rings is 1. The maximum absolute atomic E-state index is 11.8. The number of hydrogen-bond donors (Lipinski definition) is 2. The quantitative estimate of drug-likeness (QED) is 0.808. The van der Waals surface area contributed by atoms with E-state index in [1.54, 1.807) is 13.1 Å². The lowest BCUT2D eigenvalue weighted by Crippen LogP contribution is -2.40. The van der Waals surface area contributed by atoms with Crippen LogP contribution in [0.3, 0.4) is 0 Å². The average molecular weight is 252 g/mol. The van der Waals surface area contributed by atoms with Gasteiger partial charge in [0.05, 0.1) is 6.61 Å². The lowest BCUT2D eigenvalue weighted by Gasteiger charge is -2.21. The van der Waals surface area contributed by atoms with Gasteiger partial charge in [-0.15, -0.1) is 0 Å². The SMILES string of the molecule is CCOc1ccc(N(C)C(=O)C(O)CN)cc1C. The van der Waals surface area contributed by atoms with Crippen molar-refractivity contribution in [3.8, 4) is 5.75 Å². The van der Waals surface area contributed by atoms with Gasteiger partial charge in [0.15, 0.2) is 0 Å². The van der Waals surface area contributed by atoms with Gasteiger partial charge in [-0.25, -0.2) is 0 Å². The van der Waals surface area contributed by atoms with Crippen molar-refractivity contribution in [1.82, 2.24) is 0 Å². The Morgan fingerprint density at radius 1 is 1.56 bits per heavy atom. The highest BCUT2D eigenvalue weighted by Gasteiger charge is 2.19. The number of amides is 1. The van der Waals surface area contributed by atoms with E-state index in [2.05, 4.69) is 0 Å². The summed E-state index contributed by atoms with van der Waals surface area (Å²) >= 11 is 0. The van der Waals surface area contributed by atoms with E-state index in [0.717, 1.165) is 11.3 Å². The van der Waals surface area contributed by atoms with Gasteiger partial charge in [0.25, 0.3) is 5.91 Å². The number of aliphatic hydroxyl groups excluding tert-OH is 1. The second-order valence-electron chi connectivity index (χ2n) is 4.03. The molecule has 1 aromatic rings. The van der Waals surface area contributed by atoms with Crippen LogP contribution in [0.5, 0.6) is 5.75 Å². The second-order valence-corrected chi connectivity index (χ2v) is 4.03. The molecule has 0 saturated heterocycles. The van der Waals surface area contributed by atoms with Gasteiger partial charge in [-0.05, 0) is 37.6 Å². The van der Waals surface area contributed by atoms with Crippen LogP contribution in [0.15, 0.2) is 18.2 Å². The van der Waals surface area contributed by atoms with E-state index >= 15 is 0 Å². The van der Waals surface area contributed by atoms with Gasteiger partial charge in [0.2, 0.25) is 0 Å². The van der Waals surface area contributed by atoms with E-state index in [1.807, 2.05) is 26.0 Å². The zero-order valence-electron chi connectivity index (χ0n) is 11.0. The third-order valence-electron chi connectivity index (χ3n) is 2.68. The number of hydrogen-bond acceptors (Lipinski definition) is 4. The summed E-state index contributed by atoms with van der Waals surface area (Å²) in [4.78, 5) is 13.2. The topological polar surface area (TPSA) is 75.8 Å². The maximum atomic E-state index is 11.8. The summed E-state index contributed by atoms with van der Waals surface area (Å²) in [5.41, 5.74) is 6.91. The number of carbonyl (C=O) groups excluding carboxylic acids is 1. The first-order valence-electron chi connectivity index (χ1n) is 5.90. The Morgan fingerprint density at radius 3 is 2.72 bits per heavy atom. The molecule has 0 radical (unpaired) electrons. The number of rotatable bonds is 5. The molecule has 5 heteroatoms. The highest BCUT2D eigenvalue weighted by Crippen LogP contribution is 2.24. The molecule has 0 heterocycles. The van der Waals surface area contributed by atoms with E-state index in [1.165, 1.54) is 4.90 Å². The second kappa shape index (κ2) is 6.37. The third-order valence-corrected chi connectivity index (χ3v) is 2.68. The van der Waals surface area contributed by atoms with E-state index in [-0.39, 0.29) is 6.54 Å². The van der Waals surface area contributed by atoms with Crippen LogP contribution < -0.4 is 15.4 Å². The standard InChI is InChI=1S/C13H20N2O3/c1-4-18-12-6-5-10(7-9(12)2)15(3)13(17)11(16)8-14/h5-7,11,16H,4,8,14H2,1-3H3. The first-order chi connectivity index (χ1) is 8.51. The largest absolute Gasteiger partial charge is 0.494 e. The molecule has 0 aliphatic rings. The van der Waals surface area contributed by atoms with Gasteiger partial charge in [-0.1, -0.05) is 0 Å². The van der Waals surface area contributed by atoms with Crippen molar-refractivity contribution in [2.24, 2.45) is 5.73 Å². The molecule has 18 heavy (non-hydrogen) atoms. The molecule has 0 spiro atoms. The number of likely N-dealkylation sites (N-methyl/N-ethyl adjacent to an activating group) is 1. The van der Waals surface area contributed by atoms with Crippen molar-refractivity contribution < 1.29 is 14.6 Å². The van der Waals surface area contributed by atoms with Crippen molar-refractivity contribution in [1.29, 1.82) is 0 Å². The number of ether oxygens (including phenoxy) is 1. The Bertz CT molecular complexity index is 421. The van der Waals surface area contributed by atoms with Crippen LogP contribution in [0.2, 0.25) is 0 Å². The zero-order chi connectivity index (χ0) is 13.7. The number of aliphatic hydroxyl groups is 1. The van der Waals surface area contributed by atoms with E-state index in [4.69, 9.17) is 10.5 Å². The predicted molar refractivity (Wildman–Crippen MR) is 70.8 cm³/mol. The molecule has 0 bridgehead atoms. The molecule has 0 aromatic heterocycles. The van der Waals surface area contributed by atoms with Crippen LogP contribution in [-0.4, -0.2) is 37.3 Å². The van der Waals surface area contributed by atoms with Gasteiger partial charge >= 0.3 is 0 Å². The third kappa shape index (κ3) is 3.21. The van der Waals surface area contributed by atoms with Gasteiger partial charge in [-0.2, -0.15) is 0 Å². The molecule has 1 atom stereocenters. The monoisotopic (exact) mass is 252 g/mol. The molecule has 3 N–H and O–H groups in total. The Morgan fingerprint density at radius 2 is 2.22 bits per heavy atom. The van der Waals surface area contributed by atoms with Crippen molar-refractivity contribution in [2.75, 3.05) is 25.1 Å². The Labute approximate surface area is 107 Å². The van der Waals surface area contributed by atoms with Crippen LogP contribution in [0.25, 0.3) is 0 Å². The Hall–Kier alpha value is -1.59. The van der Waals surface area contributed by atoms with Crippen LogP contribution >= 0.6 is 0 Å². The number of nitrogens with zero attached hydrogens (tertiary/aromatic N) is 1. The van der Waals surface area contributed by atoms with E-state index < -0.39 is 12.0 Å². The summed E-state index contributed by atoms with van der Waals surface area (Å²) in [6.07, 6.45) is -1.16. The van der Waals surface area contributed by atoms with Crippen LogP contribution in [0.4, 0.5) is 5.69 Å². The number of aryl methyl sites for hydroxylation is 1. The molecule has 0 saturated carbocycles. The highest BCUT2D eigenvalue weighted by molar-refractivity contribution is 5.96. The molecular weight excluding hydrogens is 232 g/mol. The minimum absolute atomic E-state index is 0.0841. The molecule has 0 fully saturated rings. The zero-order valence-corrected chi connectivity index (χ0v) is 11.0. The van der Waals surface area contributed by atoms with E-state index in [9.17, 15) is 9.90 Å². The van der Waals surface area contributed by atoms with Crippen molar-refractivity contribution in [2.45, 2.75) is 20.0 Å². The van der Waals surface area contributed by atoms with Crippen molar-refractivity contribution >= 4 is 11.6 Å². The van der Waals surface area contributed by atoms with Crippen LogP contribution in [0, 0.1) is 6.92 Å². The first kappa shape index (κ1) is 14.5. The van der Waals surface area contributed by atoms with Crippen LogP contribution in [-0.2, 0) is 4.79 Å². The molecule has 0 aliphatic carbocycles. The van der Waals surface area contributed by atoms with Gasteiger partial charge in [0, 0.05) is 19.3 Å². The molecule has 1 aromatic carbocycles. The summed E-state index contributed by atoms with van der Waals surface area (Å²) in [6, 6.07) is 5.43. The van der Waals surface area contributed by atoms with Gasteiger partial charge < -0.3 is 20.5 Å². The summed E-state index contributed by atoms with van der Waals surface area (Å²) < 4.78 is 5.43. The normalized spacial score (nSPS) is 12.1. The minimum atomic E-state index is -1.16. The van der Waals surface area contributed by atoms with Crippen molar-refractivity contribution in [3.63, 3.8) is 0 Å². The first-order valence-corrected chi connectivity index (χ1v) is 5.90. The number of nitrogens with two attached hydrogens (primary N) is 1. The number of carbonyl (C=O) groups is 1. The fourth-order valence-electron chi connectivity index (χ4n) is 1.61. The predicted octanol–water partition coefficient (Wildman–Crippen LogP) is 0.676. The smallest absolute Gasteiger partial charge is 0.256 e. The summed E-state index contributed by atoms with van der Waals surface area (Å²) in [5.74, 6) is 0.377. The Kier molecular flexibility index (Phi) is 5.12. The molecule has 1 unspecified atom stereocenters. The molecule has 5 nitrogen and oxygen atoms in total. The van der Waals surface area contributed by atoms with Gasteiger partial charge in [-0.3, -0.25) is 4.79 Å². The maximum Gasteiger partial charge on any atom is 0.256 e. The molecule has 100 valence electrons. The van der Waals surface area contributed by atoms with E-state index in [0.29, 0.717) is 12.3 Å². The van der Waals surface area contributed by atoms with Crippen LogP contribution in [0.1, 0.15) is 12.5 Å².